The van der Waals surface area contributed by atoms with Crippen molar-refractivity contribution in [1.29, 1.82) is 0 Å². The minimum absolute atomic E-state index is 0.0289. The highest BCUT2D eigenvalue weighted by molar-refractivity contribution is 6.30. The molecule has 1 aromatic heterocycles. The third-order valence-corrected chi connectivity index (χ3v) is 6.16. The summed E-state index contributed by atoms with van der Waals surface area (Å²) in [6, 6.07) is 16.4. The molecule has 8 nitrogen and oxygen atoms in total. The van der Waals surface area contributed by atoms with Crippen molar-refractivity contribution in [2.75, 3.05) is 51.2 Å². The van der Waals surface area contributed by atoms with Gasteiger partial charge in [0.2, 0.25) is 0 Å². The molecule has 0 atom stereocenters. The van der Waals surface area contributed by atoms with Crippen molar-refractivity contribution >= 4 is 23.0 Å². The second-order valence-corrected chi connectivity index (χ2v) is 8.79. The molecule has 1 aliphatic heterocycles. The summed E-state index contributed by atoms with van der Waals surface area (Å²) in [5.41, 5.74) is 2.18. The smallest absolute Gasteiger partial charge is 0.278 e. The molecule has 1 fully saturated rings. The van der Waals surface area contributed by atoms with E-state index >= 15 is 0 Å². The number of nitro benzene ring substituents is 1. The van der Waals surface area contributed by atoms with Gasteiger partial charge in [0.15, 0.2) is 5.76 Å². The van der Waals surface area contributed by atoms with Gasteiger partial charge in [0.05, 0.1) is 17.0 Å². The third-order valence-electron chi connectivity index (χ3n) is 5.92. The second-order valence-electron chi connectivity index (χ2n) is 8.35. The minimum Gasteiger partial charge on any atom is -0.369 e. The molecule has 2 heterocycles. The summed E-state index contributed by atoms with van der Waals surface area (Å²) >= 11 is 6.12. The molecule has 3 aromatic rings. The summed E-state index contributed by atoms with van der Waals surface area (Å²) in [5, 5.41) is 16.1. The Kier molecular flexibility index (Phi) is 7.59. The van der Waals surface area contributed by atoms with E-state index in [-0.39, 0.29) is 5.69 Å². The SMILES string of the molecule is CN(CCCN1CCN(c2cccc(Cl)c2)CC1)Cc1cc(-c2ccccc2[N+](=O)[O-])no1. The molecule has 0 bridgehead atoms. The Hall–Kier alpha value is -2.94. The van der Waals surface area contributed by atoms with Crippen LogP contribution in [0.4, 0.5) is 11.4 Å². The lowest BCUT2D eigenvalue weighted by Crippen LogP contribution is -2.47. The fourth-order valence-electron chi connectivity index (χ4n) is 4.18. The summed E-state index contributed by atoms with van der Waals surface area (Å²) in [4.78, 5) is 17.9. The Bertz CT molecular complexity index is 1080. The maximum absolute atomic E-state index is 11.3. The van der Waals surface area contributed by atoms with Crippen LogP contribution in [0.15, 0.2) is 59.1 Å². The van der Waals surface area contributed by atoms with E-state index in [4.69, 9.17) is 16.1 Å². The number of piperazine rings is 1. The van der Waals surface area contributed by atoms with Gasteiger partial charge in [-0.05, 0) is 50.8 Å². The zero-order valence-corrected chi connectivity index (χ0v) is 19.4. The summed E-state index contributed by atoms with van der Waals surface area (Å²) in [7, 11) is 2.05. The van der Waals surface area contributed by atoms with E-state index in [2.05, 4.69) is 25.9 Å². The first kappa shape index (κ1) is 23.2. The van der Waals surface area contributed by atoms with Crippen molar-refractivity contribution in [2.24, 2.45) is 0 Å². The molecule has 9 heteroatoms. The van der Waals surface area contributed by atoms with Crippen LogP contribution >= 0.6 is 11.6 Å². The van der Waals surface area contributed by atoms with E-state index < -0.39 is 4.92 Å². The Balaban J connectivity index is 1.21. The molecule has 0 radical (unpaired) electrons. The van der Waals surface area contributed by atoms with Gasteiger partial charge in [0, 0.05) is 49.0 Å². The van der Waals surface area contributed by atoms with E-state index in [0.717, 1.165) is 50.7 Å². The van der Waals surface area contributed by atoms with Crippen LogP contribution in [-0.4, -0.2) is 66.2 Å². The van der Waals surface area contributed by atoms with Crippen molar-refractivity contribution < 1.29 is 9.45 Å². The number of rotatable bonds is 9. The highest BCUT2D eigenvalue weighted by atomic mass is 35.5. The first-order valence-corrected chi connectivity index (χ1v) is 11.5. The van der Waals surface area contributed by atoms with Crippen molar-refractivity contribution in [3.8, 4) is 11.3 Å². The maximum Gasteiger partial charge on any atom is 0.278 e. The summed E-state index contributed by atoms with van der Waals surface area (Å²) < 4.78 is 5.44. The van der Waals surface area contributed by atoms with Crippen LogP contribution in [0.1, 0.15) is 12.2 Å². The van der Waals surface area contributed by atoms with Gasteiger partial charge in [-0.3, -0.25) is 19.9 Å². The molecule has 0 unspecified atom stereocenters. The Morgan fingerprint density at radius 2 is 1.91 bits per heavy atom. The predicted molar refractivity (Wildman–Crippen MR) is 130 cm³/mol. The zero-order valence-electron chi connectivity index (χ0n) is 18.7. The molecule has 0 aliphatic carbocycles. The van der Waals surface area contributed by atoms with Crippen LogP contribution < -0.4 is 4.90 Å². The number of aromatic nitrogens is 1. The first-order valence-electron chi connectivity index (χ1n) is 11.1. The van der Waals surface area contributed by atoms with E-state index in [1.54, 1.807) is 24.3 Å². The number of anilines is 1. The minimum atomic E-state index is -0.398. The quantitative estimate of drug-likeness (QED) is 0.336. The molecule has 4 rings (SSSR count). The normalized spacial score (nSPS) is 14.7. The number of benzene rings is 2. The van der Waals surface area contributed by atoms with Gasteiger partial charge in [-0.2, -0.15) is 0 Å². The Morgan fingerprint density at radius 1 is 1.12 bits per heavy atom. The van der Waals surface area contributed by atoms with E-state index in [0.29, 0.717) is 23.6 Å². The van der Waals surface area contributed by atoms with Crippen LogP contribution in [0.5, 0.6) is 0 Å². The number of nitrogens with zero attached hydrogens (tertiary/aromatic N) is 5. The lowest BCUT2D eigenvalue weighted by atomic mass is 10.1. The lowest BCUT2D eigenvalue weighted by molar-refractivity contribution is -0.384. The van der Waals surface area contributed by atoms with E-state index in [1.165, 1.54) is 11.8 Å². The van der Waals surface area contributed by atoms with Gasteiger partial charge in [-0.1, -0.05) is 35.0 Å². The van der Waals surface area contributed by atoms with Gasteiger partial charge in [-0.25, -0.2) is 0 Å². The van der Waals surface area contributed by atoms with Gasteiger partial charge < -0.3 is 9.42 Å². The van der Waals surface area contributed by atoms with Crippen LogP contribution in [0.2, 0.25) is 5.02 Å². The number of nitro groups is 1. The average Bonchev–Trinajstić information content (AvgIpc) is 3.27. The molecule has 0 amide bonds. The number of para-hydroxylation sites is 1. The monoisotopic (exact) mass is 469 g/mol. The summed E-state index contributed by atoms with van der Waals surface area (Å²) in [6.45, 7) is 6.66. The molecular formula is C24H28ClN5O3. The number of halogens is 1. The highest BCUT2D eigenvalue weighted by Crippen LogP contribution is 2.29. The molecule has 174 valence electrons. The zero-order chi connectivity index (χ0) is 23.2. The second kappa shape index (κ2) is 10.8. The van der Waals surface area contributed by atoms with Crippen LogP contribution in [0, 0.1) is 10.1 Å². The van der Waals surface area contributed by atoms with Crippen LogP contribution in [0.3, 0.4) is 0 Å². The third kappa shape index (κ3) is 6.10. The van der Waals surface area contributed by atoms with Crippen molar-refractivity contribution in [2.45, 2.75) is 13.0 Å². The topological polar surface area (TPSA) is 78.9 Å². The van der Waals surface area contributed by atoms with Gasteiger partial charge >= 0.3 is 0 Å². The number of hydrogen-bond donors (Lipinski definition) is 0. The molecule has 1 saturated heterocycles. The van der Waals surface area contributed by atoms with E-state index in [1.807, 2.05) is 25.2 Å². The molecule has 2 aromatic carbocycles. The Labute approximate surface area is 198 Å². The Morgan fingerprint density at radius 3 is 2.67 bits per heavy atom. The van der Waals surface area contributed by atoms with Crippen LogP contribution in [-0.2, 0) is 6.54 Å². The maximum atomic E-state index is 11.3. The van der Waals surface area contributed by atoms with E-state index in [9.17, 15) is 10.1 Å². The van der Waals surface area contributed by atoms with Crippen molar-refractivity contribution in [3.05, 3.63) is 75.5 Å². The van der Waals surface area contributed by atoms with Crippen molar-refractivity contribution in [3.63, 3.8) is 0 Å². The molecule has 1 aliphatic rings. The molecule has 33 heavy (non-hydrogen) atoms. The molecule has 0 N–H and O–H groups in total. The van der Waals surface area contributed by atoms with Gasteiger partial charge in [0.25, 0.3) is 5.69 Å². The summed E-state index contributed by atoms with van der Waals surface area (Å²) in [5.74, 6) is 0.695. The standard InChI is InChI=1S/C24H28ClN5O3/c1-27(18-21-17-23(26-33-21)22-8-2-3-9-24(22)30(31)32)10-5-11-28-12-14-29(15-13-28)20-7-4-6-19(25)16-20/h2-4,6-9,16-17H,5,10-15,18H2,1H3. The fourth-order valence-corrected chi connectivity index (χ4v) is 4.36. The molecule has 0 saturated carbocycles. The highest BCUT2D eigenvalue weighted by Gasteiger charge is 2.19. The fraction of sp³-hybridized carbons (Fsp3) is 0.375. The lowest BCUT2D eigenvalue weighted by Gasteiger charge is -2.36. The van der Waals surface area contributed by atoms with Crippen molar-refractivity contribution in [1.82, 2.24) is 15.0 Å². The van der Waals surface area contributed by atoms with Crippen LogP contribution in [0.25, 0.3) is 11.3 Å². The summed E-state index contributed by atoms with van der Waals surface area (Å²) in [6.07, 6.45) is 1.05. The largest absolute Gasteiger partial charge is 0.369 e. The van der Waals surface area contributed by atoms with Gasteiger partial charge in [-0.15, -0.1) is 0 Å². The number of hydrogen-bond acceptors (Lipinski definition) is 7. The average molecular weight is 470 g/mol. The first-order chi connectivity index (χ1) is 16.0. The van der Waals surface area contributed by atoms with Gasteiger partial charge in [0.1, 0.15) is 5.69 Å². The predicted octanol–water partition coefficient (Wildman–Crippen LogP) is 4.55. The molecular weight excluding hydrogens is 442 g/mol. The molecule has 0 spiro atoms.